The van der Waals surface area contributed by atoms with Gasteiger partial charge in [0, 0.05) is 4.57 Å². The first kappa shape index (κ1) is 24.0. The molecule has 0 fully saturated rings. The highest BCUT2D eigenvalue weighted by Crippen LogP contribution is 2.27. The molecule has 0 saturated heterocycles. The lowest BCUT2D eigenvalue weighted by Crippen LogP contribution is -2.06. The van der Waals surface area contributed by atoms with Crippen LogP contribution in [0, 0.1) is 5.92 Å². The summed E-state index contributed by atoms with van der Waals surface area (Å²) in [5.74, 6) is 0.518. The summed E-state index contributed by atoms with van der Waals surface area (Å²) in [6, 6.07) is 0. The highest BCUT2D eigenvalue weighted by atomic mass is 31.1. The number of unbranched alkanes of at least 4 members (excludes halogenated alkanes) is 10. The first-order chi connectivity index (χ1) is 11.7. The maximum Gasteiger partial charge on any atom is 0.697 e. The van der Waals surface area contributed by atoms with E-state index in [4.69, 9.17) is 9.05 Å². The molecule has 4 heteroatoms. The molecular weight excluding hydrogens is 319 g/mol. The van der Waals surface area contributed by atoms with Crippen LogP contribution in [-0.4, -0.2) is 13.2 Å². The summed E-state index contributed by atoms with van der Waals surface area (Å²) in [5, 5.41) is 0. The first-order valence-electron chi connectivity index (χ1n) is 10.5. The van der Waals surface area contributed by atoms with Crippen molar-refractivity contribution >= 4 is 8.25 Å². The van der Waals surface area contributed by atoms with Crippen LogP contribution in [0.5, 0.6) is 0 Å². The largest absolute Gasteiger partial charge is 0.697 e. The van der Waals surface area contributed by atoms with E-state index in [0.717, 1.165) is 19.3 Å². The normalized spacial score (nSPS) is 13.2. The molecule has 0 N–H and O–H groups in total. The van der Waals surface area contributed by atoms with E-state index in [-0.39, 0.29) is 0 Å². The molecule has 2 atom stereocenters. The van der Waals surface area contributed by atoms with Crippen molar-refractivity contribution in [3.8, 4) is 0 Å². The summed E-state index contributed by atoms with van der Waals surface area (Å²) in [4.78, 5) is 0. The molecule has 0 aromatic heterocycles. The Bertz CT molecular complexity index is 272. The Labute approximate surface area is 152 Å². The van der Waals surface area contributed by atoms with Crippen LogP contribution in [0.4, 0.5) is 0 Å². The second-order valence-corrected chi connectivity index (χ2v) is 7.91. The van der Waals surface area contributed by atoms with E-state index < -0.39 is 8.25 Å². The van der Waals surface area contributed by atoms with Gasteiger partial charge in [0.2, 0.25) is 0 Å². The van der Waals surface area contributed by atoms with Crippen LogP contribution in [0.15, 0.2) is 0 Å². The van der Waals surface area contributed by atoms with Crippen LogP contribution >= 0.6 is 8.25 Å². The van der Waals surface area contributed by atoms with Crippen LogP contribution in [0.2, 0.25) is 0 Å². The van der Waals surface area contributed by atoms with Crippen molar-refractivity contribution in [2.24, 2.45) is 5.92 Å². The van der Waals surface area contributed by atoms with Gasteiger partial charge >= 0.3 is 8.25 Å². The van der Waals surface area contributed by atoms with Gasteiger partial charge < -0.3 is 0 Å². The van der Waals surface area contributed by atoms with Gasteiger partial charge in [0.15, 0.2) is 0 Å². The summed E-state index contributed by atoms with van der Waals surface area (Å²) < 4.78 is 22.4. The smallest absolute Gasteiger partial charge is 0.119 e. The molecule has 0 aliphatic carbocycles. The third-order valence-electron chi connectivity index (χ3n) is 4.65. The quantitative estimate of drug-likeness (QED) is 0.174. The molecule has 0 spiro atoms. The molecular formula is C20H42O3P+. The molecule has 0 rings (SSSR count). The van der Waals surface area contributed by atoms with E-state index in [0.29, 0.717) is 19.1 Å². The first-order valence-corrected chi connectivity index (χ1v) is 11.6. The van der Waals surface area contributed by atoms with Crippen molar-refractivity contribution in [2.75, 3.05) is 13.2 Å². The van der Waals surface area contributed by atoms with Gasteiger partial charge in [-0.1, -0.05) is 97.8 Å². The number of rotatable bonds is 19. The van der Waals surface area contributed by atoms with Crippen molar-refractivity contribution in [3.05, 3.63) is 0 Å². The SMILES string of the molecule is CCCCCCCCCCCCO[P+](=O)OCC(CC)CCCC. The van der Waals surface area contributed by atoms with Crippen LogP contribution < -0.4 is 0 Å². The molecule has 0 aliphatic rings. The Balaban J connectivity index is 3.33. The lowest BCUT2D eigenvalue weighted by Gasteiger charge is -2.09. The van der Waals surface area contributed by atoms with E-state index in [1.807, 2.05) is 0 Å². The van der Waals surface area contributed by atoms with E-state index in [1.54, 1.807) is 0 Å². The Morgan fingerprint density at radius 1 is 0.708 bits per heavy atom. The standard InChI is InChI=1S/C20H42O3P/c1-4-7-9-10-11-12-13-14-15-16-18-22-24(21)23-19-20(6-3)17-8-5-2/h20H,4-19H2,1-3H3/q+1. The van der Waals surface area contributed by atoms with Crippen molar-refractivity contribution in [3.63, 3.8) is 0 Å². The Hall–Kier alpha value is 0.0200. The number of hydrogen-bond acceptors (Lipinski definition) is 3. The molecule has 0 saturated carbocycles. The maximum absolute atomic E-state index is 11.7. The highest BCUT2D eigenvalue weighted by Gasteiger charge is 2.22. The van der Waals surface area contributed by atoms with Gasteiger partial charge in [0.05, 0.1) is 0 Å². The highest BCUT2D eigenvalue weighted by molar-refractivity contribution is 7.33. The average Bonchev–Trinajstić information content (AvgIpc) is 2.59. The van der Waals surface area contributed by atoms with Crippen molar-refractivity contribution in [2.45, 2.75) is 111 Å². The average molecular weight is 362 g/mol. The molecule has 0 bridgehead atoms. The lowest BCUT2D eigenvalue weighted by atomic mass is 10.0. The van der Waals surface area contributed by atoms with Crippen molar-refractivity contribution in [1.29, 1.82) is 0 Å². The predicted molar refractivity (Wildman–Crippen MR) is 105 cm³/mol. The summed E-state index contributed by atoms with van der Waals surface area (Å²) in [7, 11) is -1.92. The van der Waals surface area contributed by atoms with Gasteiger partial charge in [-0.25, -0.2) is 0 Å². The molecule has 3 nitrogen and oxygen atoms in total. The molecule has 144 valence electrons. The van der Waals surface area contributed by atoms with Crippen LogP contribution in [0.3, 0.4) is 0 Å². The fourth-order valence-corrected chi connectivity index (χ4v) is 3.52. The van der Waals surface area contributed by atoms with Crippen molar-refractivity contribution in [1.82, 2.24) is 0 Å². The van der Waals surface area contributed by atoms with E-state index >= 15 is 0 Å². The molecule has 0 amide bonds. The Morgan fingerprint density at radius 2 is 1.25 bits per heavy atom. The summed E-state index contributed by atoms with van der Waals surface area (Å²) in [6.07, 6.45) is 17.7. The van der Waals surface area contributed by atoms with Crippen LogP contribution in [-0.2, 0) is 13.6 Å². The van der Waals surface area contributed by atoms with E-state index in [1.165, 1.54) is 70.6 Å². The van der Waals surface area contributed by atoms with E-state index in [2.05, 4.69) is 20.8 Å². The summed E-state index contributed by atoms with van der Waals surface area (Å²) in [5.41, 5.74) is 0. The van der Waals surface area contributed by atoms with Gasteiger partial charge in [-0.15, -0.1) is 9.05 Å². The topological polar surface area (TPSA) is 35.5 Å². The third kappa shape index (κ3) is 16.9. The monoisotopic (exact) mass is 361 g/mol. The number of hydrogen-bond donors (Lipinski definition) is 0. The zero-order chi connectivity index (χ0) is 17.9. The minimum atomic E-state index is -1.92. The van der Waals surface area contributed by atoms with Gasteiger partial charge in [-0.3, -0.25) is 0 Å². The molecule has 2 unspecified atom stereocenters. The maximum atomic E-state index is 11.7. The summed E-state index contributed by atoms with van der Waals surface area (Å²) in [6.45, 7) is 7.77. The second kappa shape index (κ2) is 19.3. The van der Waals surface area contributed by atoms with Crippen LogP contribution in [0.25, 0.3) is 0 Å². The molecule has 24 heavy (non-hydrogen) atoms. The molecule has 0 heterocycles. The zero-order valence-corrected chi connectivity index (χ0v) is 17.5. The molecule has 0 aromatic carbocycles. The Morgan fingerprint density at radius 3 is 1.79 bits per heavy atom. The van der Waals surface area contributed by atoms with E-state index in [9.17, 15) is 4.57 Å². The minimum absolute atomic E-state index is 0.518. The summed E-state index contributed by atoms with van der Waals surface area (Å²) >= 11 is 0. The minimum Gasteiger partial charge on any atom is -0.119 e. The fourth-order valence-electron chi connectivity index (χ4n) is 2.83. The van der Waals surface area contributed by atoms with Crippen LogP contribution in [0.1, 0.15) is 111 Å². The van der Waals surface area contributed by atoms with Gasteiger partial charge in [-0.2, -0.15) is 0 Å². The fraction of sp³-hybridized carbons (Fsp3) is 1.00. The predicted octanol–water partition coefficient (Wildman–Crippen LogP) is 7.81. The second-order valence-electron chi connectivity index (χ2n) is 6.95. The van der Waals surface area contributed by atoms with Crippen molar-refractivity contribution < 1.29 is 13.6 Å². The third-order valence-corrected chi connectivity index (χ3v) is 5.41. The lowest BCUT2D eigenvalue weighted by molar-refractivity contribution is 0.187. The van der Waals surface area contributed by atoms with Gasteiger partial charge in [-0.05, 0) is 18.8 Å². The zero-order valence-electron chi connectivity index (χ0n) is 16.6. The molecule has 0 aliphatic heterocycles. The van der Waals surface area contributed by atoms with Gasteiger partial charge in [0.1, 0.15) is 13.2 Å². The Kier molecular flexibility index (Phi) is 19.4. The van der Waals surface area contributed by atoms with Gasteiger partial charge in [0.25, 0.3) is 0 Å². The molecule has 0 aromatic rings. The molecule has 0 radical (unpaired) electrons.